The van der Waals surface area contributed by atoms with Crippen LogP contribution in [0.3, 0.4) is 0 Å². The van der Waals surface area contributed by atoms with Crippen LogP contribution in [0, 0.1) is 12.7 Å². The Labute approximate surface area is 94.9 Å². The van der Waals surface area contributed by atoms with Gasteiger partial charge < -0.3 is 0 Å². The zero-order valence-corrected chi connectivity index (χ0v) is 9.93. The number of sulfonamides is 1. The lowest BCUT2D eigenvalue weighted by molar-refractivity contribution is 0.477. The van der Waals surface area contributed by atoms with Gasteiger partial charge in [-0.05, 0) is 43.5 Å². The fraction of sp³-hybridized carbons (Fsp3) is 0.455. The van der Waals surface area contributed by atoms with Gasteiger partial charge in [0.15, 0.2) is 0 Å². The highest BCUT2D eigenvalue weighted by Crippen LogP contribution is 2.22. The summed E-state index contributed by atoms with van der Waals surface area (Å²) >= 11 is 0. The van der Waals surface area contributed by atoms with Crippen molar-refractivity contribution in [3.8, 4) is 0 Å². The predicted molar refractivity (Wildman–Crippen MR) is 59.1 cm³/mol. The first-order chi connectivity index (χ1) is 7.51. The molecule has 3 nitrogen and oxygen atoms in total. The van der Waals surface area contributed by atoms with Crippen molar-refractivity contribution >= 4 is 10.0 Å². The van der Waals surface area contributed by atoms with Gasteiger partial charge in [0.1, 0.15) is 5.82 Å². The van der Waals surface area contributed by atoms with Crippen LogP contribution in [-0.2, 0) is 10.0 Å². The molecule has 0 atom stereocenters. The van der Waals surface area contributed by atoms with Crippen LogP contribution in [0.25, 0.3) is 0 Å². The van der Waals surface area contributed by atoms with Crippen LogP contribution < -0.4 is 0 Å². The Bertz CT molecular complexity index is 493. The minimum Gasteiger partial charge on any atom is -0.207 e. The van der Waals surface area contributed by atoms with Gasteiger partial charge in [0, 0.05) is 13.1 Å². The van der Waals surface area contributed by atoms with Gasteiger partial charge in [-0.2, -0.15) is 4.31 Å². The number of benzene rings is 1. The van der Waals surface area contributed by atoms with Crippen molar-refractivity contribution in [3.63, 3.8) is 0 Å². The van der Waals surface area contributed by atoms with E-state index in [1.807, 2.05) is 0 Å². The fourth-order valence-corrected chi connectivity index (χ4v) is 3.46. The summed E-state index contributed by atoms with van der Waals surface area (Å²) in [5.41, 5.74) is 0.361. The molecule has 1 aliphatic rings. The van der Waals surface area contributed by atoms with E-state index in [2.05, 4.69) is 0 Å². The number of hydrogen-bond donors (Lipinski definition) is 0. The summed E-state index contributed by atoms with van der Waals surface area (Å²) in [6.07, 6.45) is 1.80. The minimum absolute atomic E-state index is 0.188. The second-order valence-electron chi connectivity index (χ2n) is 4.02. The standard InChI is InChI=1S/C11H14FNO2S/c1-9-8-10(4-5-11(9)12)16(14,15)13-6-2-3-7-13/h4-5,8H,2-3,6-7H2,1H3. The third-order valence-corrected chi connectivity index (χ3v) is 4.73. The molecule has 1 saturated heterocycles. The Morgan fingerprint density at radius 2 is 1.88 bits per heavy atom. The summed E-state index contributed by atoms with van der Waals surface area (Å²) < 4.78 is 38.7. The van der Waals surface area contributed by atoms with Gasteiger partial charge in [0.05, 0.1) is 4.90 Å². The lowest BCUT2D eigenvalue weighted by Gasteiger charge is -2.15. The molecule has 1 fully saturated rings. The second kappa shape index (κ2) is 4.14. The maximum absolute atomic E-state index is 13.1. The van der Waals surface area contributed by atoms with Crippen molar-refractivity contribution < 1.29 is 12.8 Å². The Morgan fingerprint density at radius 3 is 2.44 bits per heavy atom. The number of rotatable bonds is 2. The highest BCUT2D eigenvalue weighted by atomic mass is 32.2. The van der Waals surface area contributed by atoms with Crippen LogP contribution in [0.15, 0.2) is 23.1 Å². The van der Waals surface area contributed by atoms with E-state index in [0.29, 0.717) is 18.7 Å². The molecule has 1 aromatic rings. The zero-order valence-electron chi connectivity index (χ0n) is 9.11. The highest BCUT2D eigenvalue weighted by molar-refractivity contribution is 7.89. The molecule has 88 valence electrons. The Morgan fingerprint density at radius 1 is 1.25 bits per heavy atom. The summed E-state index contributed by atoms with van der Waals surface area (Å²) in [5, 5.41) is 0. The molecule has 0 saturated carbocycles. The maximum Gasteiger partial charge on any atom is 0.243 e. The first-order valence-corrected chi connectivity index (χ1v) is 6.72. The number of aryl methyl sites for hydroxylation is 1. The van der Waals surface area contributed by atoms with E-state index in [9.17, 15) is 12.8 Å². The summed E-state index contributed by atoms with van der Waals surface area (Å²) in [5.74, 6) is -0.375. The van der Waals surface area contributed by atoms with Gasteiger partial charge in [-0.3, -0.25) is 0 Å². The largest absolute Gasteiger partial charge is 0.243 e. The highest BCUT2D eigenvalue weighted by Gasteiger charge is 2.27. The van der Waals surface area contributed by atoms with E-state index in [-0.39, 0.29) is 10.7 Å². The average molecular weight is 243 g/mol. The predicted octanol–water partition coefficient (Wildman–Crippen LogP) is 1.92. The normalized spacial score (nSPS) is 17.9. The Kier molecular flexibility index (Phi) is 2.99. The van der Waals surface area contributed by atoms with Crippen LogP contribution >= 0.6 is 0 Å². The van der Waals surface area contributed by atoms with Crippen molar-refractivity contribution in [1.29, 1.82) is 0 Å². The van der Waals surface area contributed by atoms with Gasteiger partial charge in [0.25, 0.3) is 0 Å². The molecule has 1 heterocycles. The summed E-state index contributed by atoms with van der Waals surface area (Å²) in [6.45, 7) is 2.70. The van der Waals surface area contributed by atoms with Gasteiger partial charge in [-0.15, -0.1) is 0 Å². The minimum atomic E-state index is -3.41. The monoisotopic (exact) mass is 243 g/mol. The van der Waals surface area contributed by atoms with Gasteiger partial charge >= 0.3 is 0 Å². The Hall–Kier alpha value is -0.940. The number of nitrogens with zero attached hydrogens (tertiary/aromatic N) is 1. The van der Waals surface area contributed by atoms with Gasteiger partial charge in [0.2, 0.25) is 10.0 Å². The maximum atomic E-state index is 13.1. The summed E-state index contributed by atoms with van der Waals surface area (Å²) in [6, 6.07) is 3.93. The zero-order chi connectivity index (χ0) is 11.8. The lowest BCUT2D eigenvalue weighted by Crippen LogP contribution is -2.27. The Balaban J connectivity index is 2.39. The third-order valence-electron chi connectivity index (χ3n) is 2.83. The molecule has 5 heteroatoms. The lowest BCUT2D eigenvalue weighted by atomic mass is 10.2. The van der Waals surface area contributed by atoms with E-state index in [4.69, 9.17) is 0 Å². The molecule has 0 aromatic heterocycles. The molecular formula is C11H14FNO2S. The summed E-state index contributed by atoms with van der Waals surface area (Å²) in [4.78, 5) is 0.188. The average Bonchev–Trinajstić information content (AvgIpc) is 2.75. The molecule has 0 N–H and O–H groups in total. The van der Waals surface area contributed by atoms with Crippen molar-refractivity contribution in [2.24, 2.45) is 0 Å². The van der Waals surface area contributed by atoms with Crippen LogP contribution in [0.1, 0.15) is 18.4 Å². The van der Waals surface area contributed by atoms with Crippen molar-refractivity contribution in [3.05, 3.63) is 29.6 Å². The topological polar surface area (TPSA) is 37.4 Å². The molecule has 16 heavy (non-hydrogen) atoms. The van der Waals surface area contributed by atoms with E-state index in [1.165, 1.54) is 22.5 Å². The molecule has 1 aromatic carbocycles. The molecule has 0 radical (unpaired) electrons. The van der Waals surface area contributed by atoms with Crippen LogP contribution in [0.2, 0.25) is 0 Å². The van der Waals surface area contributed by atoms with Crippen LogP contribution in [0.5, 0.6) is 0 Å². The van der Waals surface area contributed by atoms with Crippen LogP contribution in [-0.4, -0.2) is 25.8 Å². The molecule has 2 rings (SSSR count). The first kappa shape index (κ1) is 11.5. The molecule has 1 aliphatic heterocycles. The molecule has 0 amide bonds. The smallest absolute Gasteiger partial charge is 0.207 e. The third kappa shape index (κ3) is 1.97. The van der Waals surface area contributed by atoms with Crippen molar-refractivity contribution in [1.82, 2.24) is 4.31 Å². The number of hydrogen-bond acceptors (Lipinski definition) is 2. The first-order valence-electron chi connectivity index (χ1n) is 5.28. The molecule has 0 bridgehead atoms. The van der Waals surface area contributed by atoms with E-state index in [0.717, 1.165) is 12.8 Å². The van der Waals surface area contributed by atoms with Crippen LogP contribution in [0.4, 0.5) is 4.39 Å². The number of halogens is 1. The quantitative estimate of drug-likeness (QED) is 0.795. The van der Waals surface area contributed by atoms with Gasteiger partial charge in [-0.25, -0.2) is 12.8 Å². The molecular weight excluding hydrogens is 229 g/mol. The molecule has 0 unspecified atom stereocenters. The van der Waals surface area contributed by atoms with Crippen molar-refractivity contribution in [2.45, 2.75) is 24.7 Å². The fourth-order valence-electron chi connectivity index (χ4n) is 1.86. The van der Waals surface area contributed by atoms with E-state index >= 15 is 0 Å². The van der Waals surface area contributed by atoms with Gasteiger partial charge in [-0.1, -0.05) is 0 Å². The second-order valence-corrected chi connectivity index (χ2v) is 5.96. The SMILES string of the molecule is Cc1cc(S(=O)(=O)N2CCCC2)ccc1F. The molecule has 0 spiro atoms. The van der Waals surface area contributed by atoms with E-state index < -0.39 is 10.0 Å². The molecule has 0 aliphatic carbocycles. The van der Waals surface area contributed by atoms with E-state index in [1.54, 1.807) is 6.92 Å². The van der Waals surface area contributed by atoms with Crippen molar-refractivity contribution in [2.75, 3.05) is 13.1 Å². The summed E-state index contributed by atoms with van der Waals surface area (Å²) in [7, 11) is -3.41.